The van der Waals surface area contributed by atoms with Gasteiger partial charge in [-0.15, -0.1) is 11.8 Å². The van der Waals surface area contributed by atoms with Crippen LogP contribution in [0.2, 0.25) is 0 Å². The fourth-order valence-corrected chi connectivity index (χ4v) is 5.43. The zero-order valence-electron chi connectivity index (χ0n) is 10.5. The van der Waals surface area contributed by atoms with Crippen molar-refractivity contribution in [2.75, 3.05) is 32.5 Å². The lowest BCUT2D eigenvalue weighted by Gasteiger charge is -2.25. The van der Waals surface area contributed by atoms with Gasteiger partial charge in [0, 0.05) is 21.3 Å². The summed E-state index contributed by atoms with van der Waals surface area (Å²) in [5, 5.41) is 0.269. The molecule has 0 heterocycles. The first-order chi connectivity index (χ1) is 8.05. The van der Waals surface area contributed by atoms with Crippen molar-refractivity contribution < 1.29 is 18.1 Å². The molecule has 1 amide bonds. The molecule has 0 aliphatic rings. The molecule has 0 spiro atoms. The van der Waals surface area contributed by atoms with Crippen LogP contribution in [0.4, 0.5) is 0 Å². The highest BCUT2D eigenvalue weighted by atomic mass is 32.2. The number of hydrogen-bond acceptors (Lipinski definition) is 6. The highest BCUT2D eigenvalue weighted by Gasteiger charge is 2.39. The smallest absolute Gasteiger partial charge is 0.376 e. The van der Waals surface area contributed by atoms with Crippen LogP contribution in [-0.2, 0) is 18.1 Å². The van der Waals surface area contributed by atoms with E-state index in [4.69, 9.17) is 19.0 Å². The van der Waals surface area contributed by atoms with Gasteiger partial charge >= 0.3 is 8.80 Å². The Morgan fingerprint density at radius 1 is 1.35 bits per heavy atom. The number of carbonyl (C=O) groups is 1. The van der Waals surface area contributed by atoms with Gasteiger partial charge in [-0.3, -0.25) is 4.79 Å². The second kappa shape index (κ2) is 9.23. The van der Waals surface area contributed by atoms with Crippen LogP contribution in [0.1, 0.15) is 12.8 Å². The Kier molecular flexibility index (Phi) is 9.38. The second-order valence-corrected chi connectivity index (χ2v) is 8.46. The third-order valence-corrected chi connectivity index (χ3v) is 7.47. The topological polar surface area (TPSA) is 70.8 Å². The van der Waals surface area contributed by atoms with Gasteiger partial charge in [-0.2, -0.15) is 12.6 Å². The third kappa shape index (κ3) is 6.12. The van der Waals surface area contributed by atoms with E-state index in [1.54, 1.807) is 21.3 Å². The Bertz CT molecular complexity index is 221. The molecule has 0 saturated heterocycles. The molecule has 0 rings (SSSR count). The fourth-order valence-electron chi connectivity index (χ4n) is 1.21. The van der Waals surface area contributed by atoms with Gasteiger partial charge in [-0.1, -0.05) is 0 Å². The van der Waals surface area contributed by atoms with Gasteiger partial charge in [0.05, 0.1) is 10.6 Å². The van der Waals surface area contributed by atoms with Crippen LogP contribution in [0.3, 0.4) is 0 Å². The standard InChI is InChI=1S/C9H21NO4S2Si/c1-12-17(13-2,14-3)7-16-8(9(10)11)5-4-6-15/h8,15H,4-7H2,1-3H3,(H2,10,11). The number of hydrogen-bond donors (Lipinski definition) is 2. The molecular formula is C9H21NO4S2Si. The molecule has 8 heteroatoms. The Morgan fingerprint density at radius 2 is 1.88 bits per heavy atom. The van der Waals surface area contributed by atoms with Crippen molar-refractivity contribution in [2.24, 2.45) is 5.73 Å². The lowest BCUT2D eigenvalue weighted by molar-refractivity contribution is -0.117. The maximum absolute atomic E-state index is 11.3. The van der Waals surface area contributed by atoms with Crippen LogP contribution < -0.4 is 5.73 Å². The van der Waals surface area contributed by atoms with Gasteiger partial charge in [-0.25, -0.2) is 0 Å². The highest BCUT2D eigenvalue weighted by molar-refractivity contribution is 8.02. The van der Waals surface area contributed by atoms with E-state index in [0.717, 1.165) is 12.2 Å². The predicted octanol–water partition coefficient (Wildman–Crippen LogP) is 0.701. The van der Waals surface area contributed by atoms with Gasteiger partial charge in [0.1, 0.15) is 0 Å². The second-order valence-electron chi connectivity index (χ2n) is 3.36. The average molecular weight is 299 g/mol. The van der Waals surface area contributed by atoms with Gasteiger partial charge in [0.25, 0.3) is 0 Å². The van der Waals surface area contributed by atoms with Gasteiger partial charge in [0.2, 0.25) is 5.91 Å². The van der Waals surface area contributed by atoms with Crippen molar-refractivity contribution in [3.05, 3.63) is 0 Å². The highest BCUT2D eigenvalue weighted by Crippen LogP contribution is 2.22. The maximum Gasteiger partial charge on any atom is 0.510 e. The monoisotopic (exact) mass is 299 g/mol. The van der Waals surface area contributed by atoms with E-state index < -0.39 is 8.80 Å². The largest absolute Gasteiger partial charge is 0.510 e. The predicted molar refractivity (Wildman–Crippen MR) is 75.3 cm³/mol. The zero-order valence-corrected chi connectivity index (χ0v) is 13.2. The molecule has 5 nitrogen and oxygen atoms in total. The molecule has 0 radical (unpaired) electrons. The van der Waals surface area contributed by atoms with E-state index in [1.165, 1.54) is 11.8 Å². The van der Waals surface area contributed by atoms with E-state index in [-0.39, 0.29) is 11.2 Å². The van der Waals surface area contributed by atoms with Crippen LogP contribution >= 0.6 is 24.4 Å². The molecule has 102 valence electrons. The minimum atomic E-state index is -2.63. The number of primary amides is 1. The van der Waals surface area contributed by atoms with Crippen LogP contribution in [-0.4, -0.2) is 52.4 Å². The third-order valence-electron chi connectivity index (χ3n) is 2.34. The summed E-state index contributed by atoms with van der Waals surface area (Å²) in [4.78, 5) is 11.3. The van der Waals surface area contributed by atoms with E-state index in [0.29, 0.717) is 11.8 Å². The number of rotatable bonds is 10. The Labute approximate surface area is 114 Å². The molecule has 1 atom stereocenters. The molecule has 0 aromatic rings. The Balaban J connectivity index is 4.31. The Morgan fingerprint density at radius 3 is 2.24 bits per heavy atom. The molecule has 0 aromatic heterocycles. The first-order valence-electron chi connectivity index (χ1n) is 5.22. The van der Waals surface area contributed by atoms with Gasteiger partial charge in [-0.05, 0) is 18.6 Å². The molecule has 0 aromatic carbocycles. The molecule has 1 unspecified atom stereocenters. The zero-order chi connectivity index (χ0) is 13.3. The SMILES string of the molecule is CO[Si](CSC(CCCS)C(N)=O)(OC)OC. The van der Waals surface area contributed by atoms with Crippen molar-refractivity contribution >= 4 is 39.1 Å². The van der Waals surface area contributed by atoms with E-state index in [1.807, 2.05) is 0 Å². The number of thiol groups is 1. The molecule has 0 fully saturated rings. The van der Waals surface area contributed by atoms with E-state index in [9.17, 15) is 4.79 Å². The van der Waals surface area contributed by atoms with E-state index in [2.05, 4.69) is 12.6 Å². The van der Waals surface area contributed by atoms with Crippen molar-refractivity contribution in [2.45, 2.75) is 18.1 Å². The molecule has 2 N–H and O–H groups in total. The quantitative estimate of drug-likeness (QED) is 0.459. The minimum Gasteiger partial charge on any atom is -0.376 e. The summed E-state index contributed by atoms with van der Waals surface area (Å²) in [6.45, 7) is 0. The molecule has 0 saturated carbocycles. The summed E-state index contributed by atoms with van der Waals surface area (Å²) in [6, 6.07) is 0. The molecule has 0 bridgehead atoms. The summed E-state index contributed by atoms with van der Waals surface area (Å²) in [7, 11) is 2.02. The fraction of sp³-hybridized carbons (Fsp3) is 0.889. The lowest BCUT2D eigenvalue weighted by atomic mass is 10.2. The van der Waals surface area contributed by atoms with Crippen LogP contribution in [0.15, 0.2) is 0 Å². The average Bonchev–Trinajstić information content (AvgIpc) is 2.34. The summed E-state index contributed by atoms with van der Waals surface area (Å²) in [6.07, 6.45) is 1.57. The van der Waals surface area contributed by atoms with Crippen molar-refractivity contribution in [3.63, 3.8) is 0 Å². The molecule has 0 aliphatic carbocycles. The van der Waals surface area contributed by atoms with Crippen molar-refractivity contribution in [3.8, 4) is 0 Å². The van der Waals surface area contributed by atoms with Crippen LogP contribution in [0.25, 0.3) is 0 Å². The normalized spacial score (nSPS) is 13.6. The number of nitrogens with two attached hydrogens (primary N) is 1. The summed E-state index contributed by atoms with van der Waals surface area (Å²) in [5.74, 6) is 0.425. The summed E-state index contributed by atoms with van der Waals surface area (Å²) < 4.78 is 15.8. The molecule has 17 heavy (non-hydrogen) atoms. The van der Waals surface area contributed by atoms with Crippen molar-refractivity contribution in [1.29, 1.82) is 0 Å². The van der Waals surface area contributed by atoms with Gasteiger partial charge in [0.15, 0.2) is 0 Å². The maximum atomic E-state index is 11.3. The van der Waals surface area contributed by atoms with Gasteiger partial charge < -0.3 is 19.0 Å². The molecule has 0 aliphatic heterocycles. The number of thioether (sulfide) groups is 1. The molecular weight excluding hydrogens is 278 g/mol. The summed E-state index contributed by atoms with van der Waals surface area (Å²) >= 11 is 5.55. The van der Waals surface area contributed by atoms with Crippen molar-refractivity contribution in [1.82, 2.24) is 0 Å². The first-order valence-corrected chi connectivity index (χ1v) is 8.83. The minimum absolute atomic E-state index is 0.241. The Hall–Kier alpha value is 0.267. The number of amides is 1. The number of carbonyl (C=O) groups excluding carboxylic acids is 1. The van der Waals surface area contributed by atoms with E-state index >= 15 is 0 Å². The van der Waals surface area contributed by atoms with Crippen LogP contribution in [0, 0.1) is 0 Å². The first kappa shape index (κ1) is 17.3. The lowest BCUT2D eigenvalue weighted by Crippen LogP contribution is -2.47. The summed E-state index contributed by atoms with van der Waals surface area (Å²) in [5.41, 5.74) is 5.34. The van der Waals surface area contributed by atoms with Crippen LogP contribution in [0.5, 0.6) is 0 Å².